The van der Waals surface area contributed by atoms with Crippen molar-refractivity contribution >= 4 is 0 Å². The van der Waals surface area contributed by atoms with Gasteiger partial charge < -0.3 is 5.32 Å². The second-order valence-corrected chi connectivity index (χ2v) is 5.63. The summed E-state index contributed by atoms with van der Waals surface area (Å²) < 4.78 is 0. The molecular formula is C18H25N. The predicted molar refractivity (Wildman–Crippen MR) is 82.1 cm³/mol. The van der Waals surface area contributed by atoms with Crippen LogP contribution in [0.3, 0.4) is 0 Å². The van der Waals surface area contributed by atoms with Gasteiger partial charge in [-0.05, 0) is 37.8 Å². The van der Waals surface area contributed by atoms with Gasteiger partial charge in [0, 0.05) is 17.9 Å². The Balaban J connectivity index is 2.18. The highest BCUT2D eigenvalue weighted by Crippen LogP contribution is 2.47. The molecule has 0 spiro atoms. The fourth-order valence-corrected chi connectivity index (χ4v) is 3.29. The fraction of sp³-hybridized carbons (Fsp3) is 0.556. The molecule has 1 heteroatoms. The van der Waals surface area contributed by atoms with Crippen LogP contribution in [-0.2, 0) is 5.41 Å². The van der Waals surface area contributed by atoms with Crippen LogP contribution < -0.4 is 5.32 Å². The molecule has 0 bridgehead atoms. The Labute approximate surface area is 117 Å². The number of nitrogens with one attached hydrogen (secondary N) is 1. The standard InChI is InChI=1S/C18H25N/c1-3-5-12-17(19-15-4-2)18(13-9-14-18)16-10-7-6-8-11-16/h1,6-8,10-11,17,19H,4-5,9,12-15H2,2H3. The predicted octanol–water partition coefficient (Wildman–Crippen LogP) is 3.89. The molecule has 1 aromatic rings. The van der Waals surface area contributed by atoms with E-state index in [2.05, 4.69) is 48.5 Å². The first-order valence-electron chi connectivity index (χ1n) is 7.56. The highest BCUT2D eigenvalue weighted by atomic mass is 14.9. The smallest absolute Gasteiger partial charge is 0.0173 e. The molecule has 1 atom stereocenters. The number of terminal acetylenes is 1. The first-order valence-corrected chi connectivity index (χ1v) is 7.56. The van der Waals surface area contributed by atoms with Crippen LogP contribution in [0.4, 0.5) is 0 Å². The summed E-state index contributed by atoms with van der Waals surface area (Å²) in [6.45, 7) is 3.31. The van der Waals surface area contributed by atoms with Gasteiger partial charge in [0.05, 0.1) is 0 Å². The Kier molecular flexibility index (Phi) is 5.05. The van der Waals surface area contributed by atoms with Crippen molar-refractivity contribution < 1.29 is 0 Å². The molecule has 19 heavy (non-hydrogen) atoms. The van der Waals surface area contributed by atoms with Gasteiger partial charge in [0.25, 0.3) is 0 Å². The van der Waals surface area contributed by atoms with Crippen molar-refractivity contribution in [3.05, 3.63) is 35.9 Å². The molecule has 2 rings (SSSR count). The highest BCUT2D eigenvalue weighted by molar-refractivity contribution is 5.30. The van der Waals surface area contributed by atoms with Crippen molar-refractivity contribution in [2.24, 2.45) is 0 Å². The summed E-state index contributed by atoms with van der Waals surface area (Å²) in [6.07, 6.45) is 12.5. The van der Waals surface area contributed by atoms with E-state index in [0.29, 0.717) is 11.5 Å². The molecule has 1 unspecified atom stereocenters. The van der Waals surface area contributed by atoms with Crippen molar-refractivity contribution in [2.45, 2.75) is 56.9 Å². The van der Waals surface area contributed by atoms with Gasteiger partial charge in [-0.3, -0.25) is 0 Å². The zero-order valence-electron chi connectivity index (χ0n) is 12.0. The molecule has 0 aliphatic heterocycles. The summed E-state index contributed by atoms with van der Waals surface area (Å²) in [4.78, 5) is 0. The largest absolute Gasteiger partial charge is 0.313 e. The highest BCUT2D eigenvalue weighted by Gasteiger charge is 2.44. The number of hydrogen-bond donors (Lipinski definition) is 1. The van der Waals surface area contributed by atoms with Gasteiger partial charge >= 0.3 is 0 Å². The summed E-state index contributed by atoms with van der Waals surface area (Å²) in [5.74, 6) is 2.81. The Morgan fingerprint density at radius 1 is 1.32 bits per heavy atom. The molecule has 1 aliphatic rings. The van der Waals surface area contributed by atoms with Crippen LogP contribution >= 0.6 is 0 Å². The van der Waals surface area contributed by atoms with Crippen molar-refractivity contribution in [3.63, 3.8) is 0 Å². The second-order valence-electron chi connectivity index (χ2n) is 5.63. The zero-order valence-corrected chi connectivity index (χ0v) is 12.0. The summed E-state index contributed by atoms with van der Waals surface area (Å²) in [5, 5.41) is 3.75. The number of hydrogen-bond acceptors (Lipinski definition) is 1. The van der Waals surface area contributed by atoms with Crippen LogP contribution in [0, 0.1) is 12.3 Å². The van der Waals surface area contributed by atoms with Crippen molar-refractivity contribution in [2.75, 3.05) is 6.54 Å². The normalized spacial score (nSPS) is 18.3. The lowest BCUT2D eigenvalue weighted by atomic mass is 9.59. The van der Waals surface area contributed by atoms with Gasteiger partial charge in [0.15, 0.2) is 0 Å². The van der Waals surface area contributed by atoms with Crippen LogP contribution in [0.25, 0.3) is 0 Å². The van der Waals surface area contributed by atoms with E-state index in [9.17, 15) is 0 Å². The van der Waals surface area contributed by atoms with Crippen LogP contribution in [0.15, 0.2) is 30.3 Å². The molecular weight excluding hydrogens is 230 g/mol. The molecule has 102 valence electrons. The van der Waals surface area contributed by atoms with Crippen molar-refractivity contribution in [3.8, 4) is 12.3 Å². The van der Waals surface area contributed by atoms with Crippen LogP contribution in [-0.4, -0.2) is 12.6 Å². The quantitative estimate of drug-likeness (QED) is 0.729. The fourth-order valence-electron chi connectivity index (χ4n) is 3.29. The van der Waals surface area contributed by atoms with E-state index in [-0.39, 0.29) is 0 Å². The maximum Gasteiger partial charge on any atom is 0.0173 e. The van der Waals surface area contributed by atoms with Gasteiger partial charge in [0.1, 0.15) is 0 Å². The molecule has 1 aliphatic carbocycles. The molecule has 0 radical (unpaired) electrons. The van der Waals surface area contributed by atoms with Crippen LogP contribution in [0.2, 0.25) is 0 Å². The maximum atomic E-state index is 5.47. The van der Waals surface area contributed by atoms with Gasteiger partial charge in [-0.1, -0.05) is 43.7 Å². The molecule has 1 saturated carbocycles. The van der Waals surface area contributed by atoms with Crippen molar-refractivity contribution in [1.82, 2.24) is 5.32 Å². The average Bonchev–Trinajstić information content (AvgIpc) is 2.41. The summed E-state index contributed by atoms with van der Waals surface area (Å²) in [5.41, 5.74) is 1.82. The van der Waals surface area contributed by atoms with E-state index < -0.39 is 0 Å². The molecule has 0 saturated heterocycles. The topological polar surface area (TPSA) is 12.0 Å². The molecule has 1 aromatic carbocycles. The molecule has 1 nitrogen and oxygen atoms in total. The van der Waals surface area contributed by atoms with Crippen LogP contribution in [0.5, 0.6) is 0 Å². The Bertz CT molecular complexity index is 411. The second kappa shape index (κ2) is 6.78. The van der Waals surface area contributed by atoms with E-state index in [0.717, 1.165) is 19.4 Å². The van der Waals surface area contributed by atoms with E-state index >= 15 is 0 Å². The third-order valence-corrected chi connectivity index (χ3v) is 4.48. The molecule has 0 heterocycles. The molecule has 1 N–H and O–H groups in total. The Hall–Kier alpha value is -1.26. The van der Waals surface area contributed by atoms with Gasteiger partial charge in [-0.2, -0.15) is 0 Å². The molecule has 1 fully saturated rings. The average molecular weight is 255 g/mol. The SMILES string of the molecule is C#CCCC(NCCC)C1(c2ccccc2)CCC1. The Morgan fingerprint density at radius 3 is 2.58 bits per heavy atom. The van der Waals surface area contributed by atoms with Gasteiger partial charge in [-0.25, -0.2) is 0 Å². The first kappa shape index (κ1) is 14.2. The first-order chi connectivity index (χ1) is 9.33. The lowest BCUT2D eigenvalue weighted by Gasteiger charge is -2.49. The molecule has 0 aromatic heterocycles. The van der Waals surface area contributed by atoms with E-state index in [1.807, 2.05) is 0 Å². The third kappa shape index (κ3) is 3.01. The van der Waals surface area contributed by atoms with E-state index in [1.165, 1.54) is 31.2 Å². The van der Waals surface area contributed by atoms with Gasteiger partial charge in [0.2, 0.25) is 0 Å². The zero-order chi connectivity index (χ0) is 13.6. The Morgan fingerprint density at radius 2 is 2.05 bits per heavy atom. The monoisotopic (exact) mass is 255 g/mol. The minimum atomic E-state index is 0.327. The summed E-state index contributed by atoms with van der Waals surface area (Å²) >= 11 is 0. The summed E-state index contributed by atoms with van der Waals surface area (Å²) in [7, 11) is 0. The maximum absolute atomic E-state index is 5.47. The number of benzene rings is 1. The summed E-state index contributed by atoms with van der Waals surface area (Å²) in [6, 6.07) is 11.5. The van der Waals surface area contributed by atoms with E-state index in [1.54, 1.807) is 0 Å². The van der Waals surface area contributed by atoms with Gasteiger partial charge in [-0.15, -0.1) is 12.3 Å². The number of rotatable bonds is 7. The minimum Gasteiger partial charge on any atom is -0.313 e. The lowest BCUT2D eigenvalue weighted by Crippen LogP contribution is -2.52. The lowest BCUT2D eigenvalue weighted by molar-refractivity contribution is 0.162. The third-order valence-electron chi connectivity index (χ3n) is 4.48. The molecule has 0 amide bonds. The van der Waals surface area contributed by atoms with E-state index in [4.69, 9.17) is 6.42 Å². The van der Waals surface area contributed by atoms with Crippen molar-refractivity contribution in [1.29, 1.82) is 0 Å². The minimum absolute atomic E-state index is 0.327. The van der Waals surface area contributed by atoms with Crippen LogP contribution in [0.1, 0.15) is 51.0 Å².